The summed E-state index contributed by atoms with van der Waals surface area (Å²) in [5.41, 5.74) is 4.70. The average Bonchev–Trinajstić information content (AvgIpc) is 2.90. The molecule has 2 aromatic rings. The van der Waals surface area contributed by atoms with Crippen molar-refractivity contribution in [3.8, 4) is 11.5 Å². The van der Waals surface area contributed by atoms with Crippen LogP contribution in [0.25, 0.3) is 0 Å². The molecular formula is C30H35NO5S. The molecule has 0 spiro atoms. The summed E-state index contributed by atoms with van der Waals surface area (Å²) in [4.78, 5) is 28.3. The van der Waals surface area contributed by atoms with Gasteiger partial charge in [-0.1, -0.05) is 32.0 Å². The number of Topliss-reactive ketones (excluding diaryl/α,β-unsaturated/α-hetero) is 1. The molecule has 2 atom stereocenters. The van der Waals surface area contributed by atoms with E-state index in [0.29, 0.717) is 42.1 Å². The van der Waals surface area contributed by atoms with Gasteiger partial charge in [0, 0.05) is 34.2 Å². The molecule has 2 aromatic carbocycles. The van der Waals surface area contributed by atoms with Crippen LogP contribution in [0.3, 0.4) is 0 Å². The summed E-state index contributed by atoms with van der Waals surface area (Å²) >= 11 is 1.66. The van der Waals surface area contributed by atoms with Crippen molar-refractivity contribution in [2.24, 2.45) is 5.92 Å². The van der Waals surface area contributed by atoms with Crippen molar-refractivity contribution in [2.75, 3.05) is 27.1 Å². The number of methoxy groups -OCH3 is 2. The van der Waals surface area contributed by atoms with Gasteiger partial charge in [-0.15, -0.1) is 11.8 Å². The van der Waals surface area contributed by atoms with E-state index in [2.05, 4.69) is 5.32 Å². The van der Waals surface area contributed by atoms with Crippen molar-refractivity contribution in [1.29, 1.82) is 0 Å². The fourth-order valence-corrected chi connectivity index (χ4v) is 5.51. The Hall–Kier alpha value is -3.19. The van der Waals surface area contributed by atoms with Crippen LogP contribution in [-0.2, 0) is 14.3 Å². The maximum absolute atomic E-state index is 13.8. The van der Waals surface area contributed by atoms with Crippen LogP contribution in [0.15, 0.2) is 69.9 Å². The third-order valence-corrected chi connectivity index (χ3v) is 7.67. The largest absolute Gasteiger partial charge is 0.493 e. The van der Waals surface area contributed by atoms with Gasteiger partial charge in [-0.25, -0.2) is 4.79 Å². The molecule has 0 fully saturated rings. The molecule has 0 bridgehead atoms. The molecule has 6 nitrogen and oxygen atoms in total. The van der Waals surface area contributed by atoms with E-state index in [1.807, 2.05) is 69.5 Å². The van der Waals surface area contributed by atoms with Crippen LogP contribution in [0.4, 0.5) is 0 Å². The van der Waals surface area contributed by atoms with Gasteiger partial charge >= 0.3 is 5.97 Å². The molecule has 1 N–H and O–H groups in total. The Morgan fingerprint density at radius 1 is 1.03 bits per heavy atom. The van der Waals surface area contributed by atoms with Crippen LogP contribution in [0, 0.1) is 5.92 Å². The fourth-order valence-electron chi connectivity index (χ4n) is 5.10. The zero-order chi connectivity index (χ0) is 26.7. The lowest BCUT2D eigenvalue weighted by Crippen LogP contribution is -2.36. The maximum atomic E-state index is 13.8. The number of nitrogens with one attached hydrogen (secondary N) is 1. The van der Waals surface area contributed by atoms with Gasteiger partial charge in [0.15, 0.2) is 17.3 Å². The standard InChI is InChI=1S/C30H35NO5S/c1-17(2)16-36-30(33)27-18(3)31-23-13-21(20-9-12-25(34-4)26(15-20)35-5)14-24(32)29(23)28(27)19-7-10-22(37-6)11-8-19/h7-12,15,17,21,28,31H,13-14,16H2,1-6H3. The molecule has 2 unspecified atom stereocenters. The van der Waals surface area contributed by atoms with Gasteiger partial charge in [-0.2, -0.15) is 0 Å². The Labute approximate surface area is 223 Å². The number of carbonyl (C=O) groups is 2. The van der Waals surface area contributed by atoms with Gasteiger partial charge in [0.2, 0.25) is 0 Å². The van der Waals surface area contributed by atoms with Crippen LogP contribution in [-0.4, -0.2) is 38.8 Å². The number of ketones is 1. The van der Waals surface area contributed by atoms with E-state index < -0.39 is 5.92 Å². The molecule has 7 heteroatoms. The Morgan fingerprint density at radius 2 is 1.70 bits per heavy atom. The smallest absolute Gasteiger partial charge is 0.336 e. The monoisotopic (exact) mass is 521 g/mol. The highest BCUT2D eigenvalue weighted by atomic mass is 32.2. The van der Waals surface area contributed by atoms with Crippen LogP contribution in [0.2, 0.25) is 0 Å². The summed E-state index contributed by atoms with van der Waals surface area (Å²) in [6, 6.07) is 13.9. The topological polar surface area (TPSA) is 73.9 Å². The van der Waals surface area contributed by atoms with E-state index in [9.17, 15) is 9.59 Å². The molecule has 196 valence electrons. The first-order valence-corrected chi connectivity index (χ1v) is 13.8. The second-order valence-corrected chi connectivity index (χ2v) is 10.8. The first kappa shape index (κ1) is 26.9. The molecular weight excluding hydrogens is 486 g/mol. The van der Waals surface area contributed by atoms with Crippen LogP contribution < -0.4 is 14.8 Å². The van der Waals surface area contributed by atoms with Crippen molar-refractivity contribution < 1.29 is 23.8 Å². The zero-order valence-corrected chi connectivity index (χ0v) is 23.2. The highest BCUT2D eigenvalue weighted by Gasteiger charge is 2.41. The summed E-state index contributed by atoms with van der Waals surface area (Å²) in [6.45, 7) is 6.23. The van der Waals surface area contributed by atoms with E-state index in [1.54, 1.807) is 26.0 Å². The van der Waals surface area contributed by atoms with Gasteiger partial charge in [0.1, 0.15) is 0 Å². The molecule has 1 aliphatic heterocycles. The Morgan fingerprint density at radius 3 is 2.32 bits per heavy atom. The minimum absolute atomic E-state index is 0.0136. The van der Waals surface area contributed by atoms with E-state index in [4.69, 9.17) is 14.2 Å². The summed E-state index contributed by atoms with van der Waals surface area (Å²) < 4.78 is 16.5. The minimum Gasteiger partial charge on any atom is -0.493 e. The maximum Gasteiger partial charge on any atom is 0.336 e. The molecule has 1 aliphatic carbocycles. The average molecular weight is 522 g/mol. The van der Waals surface area contributed by atoms with E-state index in [-0.39, 0.29) is 23.6 Å². The molecule has 0 radical (unpaired) electrons. The Kier molecular flexibility index (Phi) is 8.32. The predicted molar refractivity (Wildman–Crippen MR) is 146 cm³/mol. The molecule has 0 aromatic heterocycles. The third-order valence-electron chi connectivity index (χ3n) is 6.92. The summed E-state index contributed by atoms with van der Waals surface area (Å²) in [5, 5.41) is 3.42. The number of ether oxygens (including phenoxy) is 3. The van der Waals surface area contributed by atoms with Crippen LogP contribution >= 0.6 is 11.8 Å². The van der Waals surface area contributed by atoms with Crippen molar-refractivity contribution in [2.45, 2.75) is 50.3 Å². The normalized spacial score (nSPS) is 19.5. The number of dihydropyridines is 1. The van der Waals surface area contributed by atoms with E-state index in [1.165, 1.54) is 0 Å². The molecule has 0 saturated heterocycles. The number of rotatable bonds is 8. The van der Waals surface area contributed by atoms with Crippen LogP contribution in [0.5, 0.6) is 11.5 Å². The van der Waals surface area contributed by atoms with Crippen molar-refractivity contribution in [1.82, 2.24) is 5.32 Å². The number of carbonyl (C=O) groups excluding carboxylic acids is 2. The second kappa shape index (κ2) is 11.5. The lowest BCUT2D eigenvalue weighted by Gasteiger charge is -2.37. The lowest BCUT2D eigenvalue weighted by atomic mass is 9.71. The SMILES string of the molecule is COc1ccc(C2CC(=O)C3=C(C2)NC(C)=C(C(=O)OCC(C)C)C3c2ccc(SC)cc2)cc1OC. The number of esters is 1. The first-order chi connectivity index (χ1) is 17.8. The molecule has 4 rings (SSSR count). The zero-order valence-electron chi connectivity index (χ0n) is 22.3. The third kappa shape index (κ3) is 5.57. The lowest BCUT2D eigenvalue weighted by molar-refractivity contribution is -0.140. The number of benzene rings is 2. The Balaban J connectivity index is 1.75. The number of hydrogen-bond donors (Lipinski definition) is 1. The van der Waals surface area contributed by atoms with Gasteiger partial charge in [-0.3, -0.25) is 4.79 Å². The van der Waals surface area contributed by atoms with Crippen molar-refractivity contribution >= 4 is 23.5 Å². The number of allylic oxidation sites excluding steroid dienone is 3. The minimum atomic E-state index is -0.467. The Bertz CT molecular complexity index is 1250. The van der Waals surface area contributed by atoms with Gasteiger partial charge in [0.05, 0.1) is 26.4 Å². The molecule has 0 saturated carbocycles. The fraction of sp³-hybridized carbons (Fsp3) is 0.400. The van der Waals surface area contributed by atoms with Gasteiger partial charge < -0.3 is 19.5 Å². The highest BCUT2D eigenvalue weighted by molar-refractivity contribution is 7.98. The van der Waals surface area contributed by atoms with Crippen LogP contribution in [0.1, 0.15) is 56.6 Å². The number of thioether (sulfide) groups is 1. The molecule has 37 heavy (non-hydrogen) atoms. The van der Waals surface area contributed by atoms with Gasteiger partial charge in [-0.05, 0) is 66.8 Å². The van der Waals surface area contributed by atoms with Crippen molar-refractivity contribution in [3.05, 3.63) is 76.1 Å². The summed E-state index contributed by atoms with van der Waals surface area (Å²) in [7, 11) is 3.22. The molecule has 2 aliphatic rings. The molecule has 0 amide bonds. The van der Waals surface area contributed by atoms with E-state index in [0.717, 1.165) is 27.4 Å². The second-order valence-electron chi connectivity index (χ2n) is 9.90. The highest BCUT2D eigenvalue weighted by Crippen LogP contribution is 2.46. The van der Waals surface area contributed by atoms with Crippen molar-refractivity contribution in [3.63, 3.8) is 0 Å². The number of hydrogen-bond acceptors (Lipinski definition) is 7. The summed E-state index contributed by atoms with van der Waals surface area (Å²) in [5.74, 6) is 0.691. The quantitative estimate of drug-likeness (QED) is 0.338. The van der Waals surface area contributed by atoms with E-state index >= 15 is 0 Å². The predicted octanol–water partition coefficient (Wildman–Crippen LogP) is 5.99. The first-order valence-electron chi connectivity index (χ1n) is 12.5. The molecule has 1 heterocycles. The van der Waals surface area contributed by atoms with Gasteiger partial charge in [0.25, 0.3) is 0 Å². The summed E-state index contributed by atoms with van der Waals surface area (Å²) in [6.07, 6.45) is 3.03.